The zero-order chi connectivity index (χ0) is 20.3. The van der Waals surface area contributed by atoms with E-state index >= 15 is 0 Å². The lowest BCUT2D eigenvalue weighted by atomic mass is 9.77. The van der Waals surface area contributed by atoms with Crippen LogP contribution in [0.2, 0.25) is 0 Å². The Bertz CT molecular complexity index is 1110. The van der Waals surface area contributed by atoms with Gasteiger partial charge < -0.3 is 5.73 Å². The van der Waals surface area contributed by atoms with Gasteiger partial charge in [-0.25, -0.2) is 22.7 Å². The van der Waals surface area contributed by atoms with Gasteiger partial charge in [0.2, 0.25) is 0 Å². The van der Waals surface area contributed by atoms with Crippen LogP contribution >= 0.6 is 24.8 Å². The Hall–Kier alpha value is -1.87. The molecule has 0 bridgehead atoms. The van der Waals surface area contributed by atoms with Gasteiger partial charge in [0, 0.05) is 55.0 Å². The molecule has 0 saturated heterocycles. The summed E-state index contributed by atoms with van der Waals surface area (Å²) in [7, 11) is 0. The van der Waals surface area contributed by atoms with E-state index in [1.165, 1.54) is 0 Å². The molecule has 3 atom stereocenters. The van der Waals surface area contributed by atoms with E-state index in [9.17, 15) is 13.2 Å². The van der Waals surface area contributed by atoms with Gasteiger partial charge in [-0.2, -0.15) is 5.10 Å². The molecule has 168 valence electrons. The maximum atomic E-state index is 14.2. The van der Waals surface area contributed by atoms with Crippen molar-refractivity contribution < 1.29 is 13.2 Å². The smallest absolute Gasteiger partial charge is 0.161 e. The highest BCUT2D eigenvalue weighted by atomic mass is 35.5. The Morgan fingerprint density at radius 3 is 2.48 bits per heavy atom. The fourth-order valence-electron chi connectivity index (χ4n) is 4.88. The van der Waals surface area contributed by atoms with Crippen LogP contribution in [-0.4, -0.2) is 31.6 Å². The predicted octanol–water partition coefficient (Wildman–Crippen LogP) is 4.28. The van der Waals surface area contributed by atoms with Gasteiger partial charge in [0.25, 0.3) is 0 Å². The highest BCUT2D eigenvalue weighted by Crippen LogP contribution is 2.38. The summed E-state index contributed by atoms with van der Waals surface area (Å²) in [4.78, 5) is 6.85. The van der Waals surface area contributed by atoms with E-state index in [1.54, 1.807) is 0 Å². The lowest BCUT2D eigenvalue weighted by molar-refractivity contribution is 0.136. The van der Waals surface area contributed by atoms with Gasteiger partial charge in [-0.1, -0.05) is 0 Å². The van der Waals surface area contributed by atoms with E-state index < -0.39 is 17.5 Å². The number of fused-ring (bicyclic) bond motifs is 3. The van der Waals surface area contributed by atoms with Crippen molar-refractivity contribution in [1.82, 2.24) is 19.5 Å². The number of hydrogen-bond acceptors (Lipinski definition) is 4. The maximum Gasteiger partial charge on any atom is 0.161 e. The van der Waals surface area contributed by atoms with Gasteiger partial charge in [-0.15, -0.1) is 24.8 Å². The fraction of sp³-hybridized carbons (Fsp3) is 0.429. The second-order valence-electron chi connectivity index (χ2n) is 8.22. The van der Waals surface area contributed by atoms with Crippen LogP contribution in [-0.2, 0) is 13.1 Å². The van der Waals surface area contributed by atoms with Crippen LogP contribution in [0.3, 0.4) is 0 Å². The zero-order valence-corrected chi connectivity index (χ0v) is 18.5. The number of aryl methyl sites for hydroxylation is 1. The van der Waals surface area contributed by atoms with Crippen molar-refractivity contribution in [3.63, 3.8) is 0 Å². The Kier molecular flexibility index (Phi) is 6.86. The Balaban J connectivity index is 0.00000136. The van der Waals surface area contributed by atoms with Gasteiger partial charge in [0.15, 0.2) is 17.3 Å². The van der Waals surface area contributed by atoms with Crippen LogP contribution in [0.4, 0.5) is 13.2 Å². The third-order valence-electron chi connectivity index (χ3n) is 6.35. The average molecular weight is 474 g/mol. The maximum absolute atomic E-state index is 14.2. The van der Waals surface area contributed by atoms with E-state index in [-0.39, 0.29) is 48.4 Å². The molecule has 5 rings (SSSR count). The largest absolute Gasteiger partial charge is 0.327 e. The molecule has 1 aromatic carbocycles. The standard InChI is InChI=1S/C21H22F3N5.2ClH/c1-11-4-21-26-8-12-9-28(10-20(12)29(21)27-11)13-2-3-14(19(25)5-13)15-6-17(23)18(24)7-16(15)22;;/h4,6-8,13-14,19H,2-3,5,9-10,25H2,1H3;2*1H/t13-,14+,19-;;/m0../s1. The van der Waals surface area contributed by atoms with Gasteiger partial charge in [-0.3, -0.25) is 4.90 Å². The first-order chi connectivity index (χ1) is 13.9. The Labute approximate surface area is 190 Å². The number of nitrogens with zero attached hydrogens (tertiary/aromatic N) is 4. The van der Waals surface area contributed by atoms with Crippen molar-refractivity contribution in [2.24, 2.45) is 5.73 Å². The molecule has 1 aliphatic heterocycles. The third-order valence-corrected chi connectivity index (χ3v) is 6.35. The van der Waals surface area contributed by atoms with Gasteiger partial charge in [-0.05, 0) is 37.8 Å². The summed E-state index contributed by atoms with van der Waals surface area (Å²) in [6.07, 6.45) is 4.04. The van der Waals surface area contributed by atoms with Crippen molar-refractivity contribution in [3.05, 3.63) is 64.4 Å². The number of aromatic nitrogens is 3. The second-order valence-corrected chi connectivity index (χ2v) is 8.22. The molecule has 3 heterocycles. The van der Waals surface area contributed by atoms with E-state index in [0.29, 0.717) is 18.9 Å². The molecule has 1 aliphatic carbocycles. The van der Waals surface area contributed by atoms with Gasteiger partial charge >= 0.3 is 0 Å². The summed E-state index contributed by atoms with van der Waals surface area (Å²) >= 11 is 0. The van der Waals surface area contributed by atoms with Crippen molar-refractivity contribution in [2.45, 2.75) is 57.3 Å². The molecule has 2 aliphatic rings. The summed E-state index contributed by atoms with van der Waals surface area (Å²) < 4.78 is 43.0. The van der Waals surface area contributed by atoms with Gasteiger partial charge in [0.05, 0.1) is 11.4 Å². The molecule has 2 aromatic heterocycles. The molecule has 10 heteroatoms. The molecule has 2 N–H and O–H groups in total. The molecule has 1 saturated carbocycles. The molecular weight excluding hydrogens is 450 g/mol. The Morgan fingerprint density at radius 2 is 1.74 bits per heavy atom. The molecule has 1 fully saturated rings. The minimum absolute atomic E-state index is 0. The summed E-state index contributed by atoms with van der Waals surface area (Å²) in [5.41, 5.74) is 10.6. The minimum Gasteiger partial charge on any atom is -0.327 e. The fourth-order valence-corrected chi connectivity index (χ4v) is 4.88. The summed E-state index contributed by atoms with van der Waals surface area (Å²) in [5.74, 6) is -3.23. The lowest BCUT2D eigenvalue weighted by Crippen LogP contribution is -2.44. The van der Waals surface area contributed by atoms with Crippen LogP contribution in [0, 0.1) is 24.4 Å². The monoisotopic (exact) mass is 473 g/mol. The summed E-state index contributed by atoms with van der Waals surface area (Å²) in [5, 5.41) is 4.55. The van der Waals surface area contributed by atoms with Crippen LogP contribution in [0.1, 0.15) is 47.7 Å². The van der Waals surface area contributed by atoms with Crippen molar-refractivity contribution in [2.75, 3.05) is 0 Å². The number of hydrogen-bond donors (Lipinski definition) is 1. The number of halogens is 5. The predicted molar refractivity (Wildman–Crippen MR) is 116 cm³/mol. The van der Waals surface area contributed by atoms with Crippen LogP contribution < -0.4 is 5.73 Å². The van der Waals surface area contributed by atoms with Crippen molar-refractivity contribution in [3.8, 4) is 0 Å². The van der Waals surface area contributed by atoms with Gasteiger partial charge in [0.1, 0.15) is 5.82 Å². The second kappa shape index (κ2) is 8.94. The Morgan fingerprint density at radius 1 is 1.00 bits per heavy atom. The first kappa shape index (κ1) is 23.8. The van der Waals surface area contributed by atoms with Crippen LogP contribution in [0.25, 0.3) is 5.65 Å². The SMILES string of the molecule is Cc1cc2ncc3c(n2n1)CN([C@H]1CC[C@H](c2cc(F)c(F)cc2F)[C@@H](N)C1)C3.Cl.Cl. The number of nitrogens with two attached hydrogens (primary N) is 1. The molecular formula is C21H24Cl2F3N5. The molecule has 0 radical (unpaired) electrons. The van der Waals surface area contributed by atoms with Crippen LogP contribution in [0.15, 0.2) is 24.4 Å². The molecule has 0 amide bonds. The topological polar surface area (TPSA) is 59.5 Å². The van der Waals surface area contributed by atoms with E-state index in [4.69, 9.17) is 5.73 Å². The third kappa shape index (κ3) is 4.14. The highest BCUT2D eigenvalue weighted by Gasteiger charge is 2.36. The normalized spacial score (nSPS) is 23.3. The number of benzene rings is 1. The molecule has 3 aromatic rings. The summed E-state index contributed by atoms with van der Waals surface area (Å²) in [6.45, 7) is 3.49. The first-order valence-electron chi connectivity index (χ1n) is 9.88. The highest BCUT2D eigenvalue weighted by molar-refractivity contribution is 5.85. The van der Waals surface area contributed by atoms with Crippen LogP contribution in [0.5, 0.6) is 0 Å². The summed E-state index contributed by atoms with van der Waals surface area (Å²) in [6, 6.07) is 3.46. The quantitative estimate of drug-likeness (QED) is 0.564. The first-order valence-corrected chi connectivity index (χ1v) is 9.88. The zero-order valence-electron chi connectivity index (χ0n) is 16.9. The van der Waals surface area contributed by atoms with E-state index in [1.807, 2.05) is 23.7 Å². The lowest BCUT2D eigenvalue weighted by Gasteiger charge is -2.38. The minimum atomic E-state index is -1.17. The average Bonchev–Trinajstić information content (AvgIpc) is 3.27. The molecule has 0 spiro atoms. The van der Waals surface area contributed by atoms with E-state index in [2.05, 4.69) is 15.0 Å². The molecule has 31 heavy (non-hydrogen) atoms. The van der Waals surface area contributed by atoms with Crippen molar-refractivity contribution >= 4 is 30.5 Å². The van der Waals surface area contributed by atoms with E-state index in [0.717, 1.165) is 48.2 Å². The molecule has 0 unspecified atom stereocenters. The molecule has 5 nitrogen and oxygen atoms in total. The van der Waals surface area contributed by atoms with Crippen molar-refractivity contribution in [1.29, 1.82) is 0 Å². The number of rotatable bonds is 2.